The lowest BCUT2D eigenvalue weighted by Gasteiger charge is -2.18. The Labute approximate surface area is 166 Å². The first kappa shape index (κ1) is 18.5. The molecular formula is C21H18N2O6. The monoisotopic (exact) mass is 394 g/mol. The standard InChI is InChI=1S/C21H18N2O6/c24-20(12-22-21(25)14-4-2-1-3-5-14)28-13-16-11-18(29-23-16)15-6-7-17-19(10-15)27-9-8-26-17/h1-7,10-11H,8-9,12-13H2,(H,22,25). The van der Waals surface area contributed by atoms with E-state index in [9.17, 15) is 9.59 Å². The number of esters is 1. The van der Waals surface area contributed by atoms with E-state index >= 15 is 0 Å². The molecule has 0 atom stereocenters. The van der Waals surface area contributed by atoms with Crippen LogP contribution in [0.5, 0.6) is 11.5 Å². The molecule has 8 nitrogen and oxygen atoms in total. The van der Waals surface area contributed by atoms with Gasteiger partial charge in [-0.25, -0.2) is 0 Å². The van der Waals surface area contributed by atoms with Crippen molar-refractivity contribution in [2.45, 2.75) is 6.61 Å². The summed E-state index contributed by atoms with van der Waals surface area (Å²) >= 11 is 0. The second-order valence-electron chi connectivity index (χ2n) is 6.25. The third-order valence-corrected chi connectivity index (χ3v) is 4.20. The predicted octanol–water partition coefficient (Wildman–Crippen LogP) is 2.59. The maximum Gasteiger partial charge on any atom is 0.325 e. The Kier molecular flexibility index (Phi) is 5.42. The van der Waals surface area contributed by atoms with Crippen molar-refractivity contribution in [3.8, 4) is 22.8 Å². The molecule has 1 aliphatic rings. The molecule has 0 bridgehead atoms. The quantitative estimate of drug-likeness (QED) is 0.642. The van der Waals surface area contributed by atoms with Crippen LogP contribution in [0.25, 0.3) is 11.3 Å². The molecule has 2 aromatic carbocycles. The normalized spacial score (nSPS) is 12.3. The minimum Gasteiger partial charge on any atom is -0.486 e. The molecular weight excluding hydrogens is 376 g/mol. The average Bonchev–Trinajstić information content (AvgIpc) is 3.25. The summed E-state index contributed by atoms with van der Waals surface area (Å²) in [6.45, 7) is 0.722. The number of aromatic nitrogens is 1. The van der Waals surface area contributed by atoms with Crippen molar-refractivity contribution in [1.29, 1.82) is 0 Å². The first-order valence-electron chi connectivity index (χ1n) is 9.03. The first-order valence-corrected chi connectivity index (χ1v) is 9.03. The topological polar surface area (TPSA) is 99.9 Å². The molecule has 0 radical (unpaired) electrons. The summed E-state index contributed by atoms with van der Waals surface area (Å²) in [6.07, 6.45) is 0. The number of amides is 1. The molecule has 29 heavy (non-hydrogen) atoms. The molecule has 0 spiro atoms. The van der Waals surface area contributed by atoms with Gasteiger partial charge in [0.25, 0.3) is 5.91 Å². The van der Waals surface area contributed by atoms with E-state index < -0.39 is 5.97 Å². The van der Waals surface area contributed by atoms with Crippen molar-refractivity contribution in [3.63, 3.8) is 0 Å². The van der Waals surface area contributed by atoms with Crippen LogP contribution in [0.1, 0.15) is 16.1 Å². The van der Waals surface area contributed by atoms with Crippen molar-refractivity contribution in [1.82, 2.24) is 10.5 Å². The van der Waals surface area contributed by atoms with Crippen molar-refractivity contribution in [3.05, 3.63) is 65.9 Å². The molecule has 0 unspecified atom stereocenters. The second-order valence-corrected chi connectivity index (χ2v) is 6.25. The van der Waals surface area contributed by atoms with Crippen LogP contribution in [0.15, 0.2) is 59.1 Å². The van der Waals surface area contributed by atoms with E-state index in [1.807, 2.05) is 24.3 Å². The van der Waals surface area contributed by atoms with Gasteiger partial charge in [0.1, 0.15) is 32.1 Å². The van der Waals surface area contributed by atoms with Crippen molar-refractivity contribution in [2.24, 2.45) is 0 Å². The van der Waals surface area contributed by atoms with Crippen LogP contribution in [0.2, 0.25) is 0 Å². The van der Waals surface area contributed by atoms with Crippen LogP contribution in [-0.4, -0.2) is 36.8 Å². The van der Waals surface area contributed by atoms with E-state index in [1.165, 1.54) is 0 Å². The lowest BCUT2D eigenvalue weighted by atomic mass is 10.1. The Bertz CT molecular complexity index is 1020. The van der Waals surface area contributed by atoms with E-state index in [0.29, 0.717) is 41.7 Å². The Morgan fingerprint density at radius 2 is 1.79 bits per heavy atom. The number of benzene rings is 2. The van der Waals surface area contributed by atoms with Crippen molar-refractivity contribution >= 4 is 11.9 Å². The Hall–Kier alpha value is -3.81. The van der Waals surface area contributed by atoms with Gasteiger partial charge in [-0.1, -0.05) is 23.4 Å². The number of carbonyl (C=O) groups is 2. The van der Waals surface area contributed by atoms with Gasteiger partial charge in [-0.3, -0.25) is 9.59 Å². The molecule has 1 aliphatic heterocycles. The lowest BCUT2D eigenvalue weighted by molar-refractivity contribution is -0.143. The molecule has 1 amide bonds. The van der Waals surface area contributed by atoms with Crippen LogP contribution in [0.3, 0.4) is 0 Å². The van der Waals surface area contributed by atoms with Gasteiger partial charge in [0.05, 0.1) is 0 Å². The number of carbonyl (C=O) groups excluding carboxylic acids is 2. The van der Waals surface area contributed by atoms with Gasteiger partial charge in [0, 0.05) is 17.2 Å². The second kappa shape index (κ2) is 8.47. The van der Waals surface area contributed by atoms with E-state index in [1.54, 1.807) is 30.3 Å². The third kappa shape index (κ3) is 4.55. The maximum absolute atomic E-state index is 11.9. The molecule has 1 N–H and O–H groups in total. The Morgan fingerprint density at radius 1 is 1.00 bits per heavy atom. The fraction of sp³-hybridized carbons (Fsp3) is 0.190. The van der Waals surface area contributed by atoms with Crippen molar-refractivity contribution in [2.75, 3.05) is 19.8 Å². The third-order valence-electron chi connectivity index (χ3n) is 4.20. The number of nitrogens with zero attached hydrogens (tertiary/aromatic N) is 1. The zero-order valence-corrected chi connectivity index (χ0v) is 15.4. The summed E-state index contributed by atoms with van der Waals surface area (Å²) in [7, 11) is 0. The molecule has 8 heteroatoms. The number of ether oxygens (including phenoxy) is 3. The predicted molar refractivity (Wildman–Crippen MR) is 102 cm³/mol. The smallest absolute Gasteiger partial charge is 0.325 e. The molecule has 4 rings (SSSR count). The van der Waals surface area contributed by atoms with Crippen LogP contribution in [-0.2, 0) is 16.1 Å². The zero-order valence-electron chi connectivity index (χ0n) is 15.4. The van der Waals surface area contributed by atoms with Crippen LogP contribution in [0, 0.1) is 0 Å². The zero-order chi connectivity index (χ0) is 20.1. The highest BCUT2D eigenvalue weighted by Crippen LogP contribution is 2.34. The number of fused-ring (bicyclic) bond motifs is 1. The van der Waals surface area contributed by atoms with E-state index in [2.05, 4.69) is 10.5 Å². The molecule has 148 valence electrons. The molecule has 3 aromatic rings. The summed E-state index contributed by atoms with van der Waals surface area (Å²) in [4.78, 5) is 23.8. The largest absolute Gasteiger partial charge is 0.486 e. The van der Waals surface area contributed by atoms with Crippen LogP contribution < -0.4 is 14.8 Å². The number of rotatable bonds is 6. The maximum atomic E-state index is 11.9. The fourth-order valence-corrected chi connectivity index (χ4v) is 2.76. The Balaban J connectivity index is 1.29. The van der Waals surface area contributed by atoms with Gasteiger partial charge in [0.15, 0.2) is 17.3 Å². The summed E-state index contributed by atoms with van der Waals surface area (Å²) < 4.78 is 21.5. The number of hydrogen-bond donors (Lipinski definition) is 1. The molecule has 1 aromatic heterocycles. The van der Waals surface area contributed by atoms with Gasteiger partial charge in [0.2, 0.25) is 0 Å². The van der Waals surface area contributed by atoms with Gasteiger partial charge >= 0.3 is 5.97 Å². The number of hydrogen-bond acceptors (Lipinski definition) is 7. The van der Waals surface area contributed by atoms with Crippen LogP contribution >= 0.6 is 0 Å². The highest BCUT2D eigenvalue weighted by molar-refractivity contribution is 5.95. The van der Waals surface area contributed by atoms with E-state index in [4.69, 9.17) is 18.7 Å². The lowest BCUT2D eigenvalue weighted by Crippen LogP contribution is -2.30. The average molecular weight is 394 g/mol. The molecule has 0 saturated carbocycles. The Morgan fingerprint density at radius 3 is 2.62 bits per heavy atom. The van der Waals surface area contributed by atoms with E-state index in [0.717, 1.165) is 5.56 Å². The highest BCUT2D eigenvalue weighted by Gasteiger charge is 2.15. The summed E-state index contributed by atoms with van der Waals surface area (Å²) in [5, 5.41) is 6.42. The molecule has 0 saturated heterocycles. The molecule has 0 aliphatic carbocycles. The van der Waals surface area contributed by atoms with Gasteiger partial charge in [-0.05, 0) is 30.3 Å². The first-order chi connectivity index (χ1) is 14.2. The van der Waals surface area contributed by atoms with Gasteiger partial charge in [-0.2, -0.15) is 0 Å². The molecule has 2 heterocycles. The summed E-state index contributed by atoms with van der Waals surface area (Å²) in [5.41, 5.74) is 1.70. The minimum atomic E-state index is -0.571. The molecule has 0 fully saturated rings. The van der Waals surface area contributed by atoms with Gasteiger partial charge in [-0.15, -0.1) is 0 Å². The van der Waals surface area contributed by atoms with Gasteiger partial charge < -0.3 is 24.1 Å². The highest BCUT2D eigenvalue weighted by atomic mass is 16.6. The minimum absolute atomic E-state index is 0.0614. The summed E-state index contributed by atoms with van der Waals surface area (Å²) in [5.74, 6) is 0.937. The summed E-state index contributed by atoms with van der Waals surface area (Å²) in [6, 6.07) is 15.8. The van der Waals surface area contributed by atoms with Crippen molar-refractivity contribution < 1.29 is 28.3 Å². The number of nitrogens with one attached hydrogen (secondary N) is 1. The fourth-order valence-electron chi connectivity index (χ4n) is 2.76. The SMILES string of the molecule is O=C(CNC(=O)c1ccccc1)OCc1cc(-c2ccc3c(c2)OCCO3)on1. The van der Waals surface area contributed by atoms with E-state index in [-0.39, 0.29) is 19.1 Å². The van der Waals surface area contributed by atoms with Crippen LogP contribution in [0.4, 0.5) is 0 Å².